The highest BCUT2D eigenvalue weighted by Crippen LogP contribution is 2.27. The van der Waals surface area contributed by atoms with Gasteiger partial charge in [-0.25, -0.2) is 5.84 Å². The maximum atomic E-state index is 5.43. The van der Waals surface area contributed by atoms with Crippen LogP contribution in [0.15, 0.2) is 0 Å². The summed E-state index contributed by atoms with van der Waals surface area (Å²) in [6.07, 6.45) is 0. The van der Waals surface area contributed by atoms with Crippen LogP contribution >= 0.6 is 11.8 Å². The molecule has 19 heavy (non-hydrogen) atoms. The second kappa shape index (κ2) is 5.79. The monoisotopic (exact) mass is 283 g/mol. The summed E-state index contributed by atoms with van der Waals surface area (Å²) in [4.78, 5) is 17.1. The van der Waals surface area contributed by atoms with Crippen LogP contribution in [0, 0.1) is 0 Å². The van der Waals surface area contributed by atoms with Gasteiger partial charge in [0.05, 0.1) is 0 Å². The predicted octanol–water partition coefficient (Wildman–Crippen LogP) is 0.553. The largest absolute Gasteiger partial charge is 0.347 e. The number of hydrogen-bond donors (Lipinski definition) is 2. The molecule has 0 spiro atoms. The van der Waals surface area contributed by atoms with E-state index < -0.39 is 0 Å². The highest BCUT2D eigenvalue weighted by Gasteiger charge is 2.25. The maximum absolute atomic E-state index is 5.43. The average Bonchev–Trinajstić information content (AvgIpc) is 2.37. The summed E-state index contributed by atoms with van der Waals surface area (Å²) >= 11 is 2.00. The fourth-order valence-corrected chi connectivity index (χ4v) is 3.43. The minimum atomic E-state index is 0.396. The van der Waals surface area contributed by atoms with Gasteiger partial charge >= 0.3 is 0 Å². The molecular weight excluding hydrogens is 262 g/mol. The van der Waals surface area contributed by atoms with Gasteiger partial charge in [-0.2, -0.15) is 26.7 Å². The van der Waals surface area contributed by atoms with Crippen molar-refractivity contribution in [2.24, 2.45) is 5.84 Å². The lowest BCUT2D eigenvalue weighted by molar-refractivity contribution is 0.703. The van der Waals surface area contributed by atoms with Gasteiger partial charge in [-0.05, 0) is 0 Å². The summed E-state index contributed by atoms with van der Waals surface area (Å²) in [5.74, 6) is 7.12. The molecule has 2 rings (SSSR count). The van der Waals surface area contributed by atoms with Crippen molar-refractivity contribution >= 4 is 29.6 Å². The number of hydrazine groups is 1. The molecule has 1 aromatic heterocycles. The van der Waals surface area contributed by atoms with Crippen molar-refractivity contribution in [2.45, 2.75) is 24.3 Å². The molecule has 2 heterocycles. The van der Waals surface area contributed by atoms with Gasteiger partial charge in [0.2, 0.25) is 17.8 Å². The molecule has 1 saturated heterocycles. The van der Waals surface area contributed by atoms with Crippen molar-refractivity contribution in [1.82, 2.24) is 15.0 Å². The van der Waals surface area contributed by atoms with E-state index in [9.17, 15) is 0 Å². The van der Waals surface area contributed by atoms with Crippen LogP contribution in [0.5, 0.6) is 0 Å². The normalized spacial score (nSPS) is 23.3. The number of rotatable bonds is 3. The molecule has 0 aliphatic carbocycles. The molecule has 0 aromatic carbocycles. The van der Waals surface area contributed by atoms with Crippen LogP contribution in [0.2, 0.25) is 0 Å². The lowest BCUT2D eigenvalue weighted by Gasteiger charge is -2.34. The summed E-state index contributed by atoms with van der Waals surface area (Å²) in [6.45, 7) is 6.33. The number of anilines is 3. The summed E-state index contributed by atoms with van der Waals surface area (Å²) in [5, 5.41) is 1.13. The lowest BCUT2D eigenvalue weighted by Crippen LogP contribution is -2.41. The Bertz CT molecular complexity index is 429. The van der Waals surface area contributed by atoms with Gasteiger partial charge in [-0.3, -0.25) is 5.43 Å². The second-order valence-electron chi connectivity index (χ2n) is 4.96. The topological polar surface area (TPSA) is 83.2 Å². The van der Waals surface area contributed by atoms with Crippen LogP contribution in [-0.2, 0) is 0 Å². The van der Waals surface area contributed by atoms with Crippen molar-refractivity contribution < 1.29 is 0 Å². The third-order valence-corrected chi connectivity index (χ3v) is 4.07. The first-order chi connectivity index (χ1) is 8.99. The van der Waals surface area contributed by atoms with E-state index in [1.807, 2.05) is 30.8 Å². The van der Waals surface area contributed by atoms with E-state index in [0.29, 0.717) is 28.3 Å². The predicted molar refractivity (Wildman–Crippen MR) is 80.7 cm³/mol. The van der Waals surface area contributed by atoms with Crippen molar-refractivity contribution in [3.8, 4) is 0 Å². The molecule has 1 aromatic rings. The maximum Gasteiger partial charge on any atom is 0.243 e. The number of nitrogen functional groups attached to an aromatic ring is 1. The fourth-order valence-electron chi connectivity index (χ4n) is 2.10. The highest BCUT2D eigenvalue weighted by molar-refractivity contribution is 8.00. The molecule has 1 aliphatic heterocycles. The van der Waals surface area contributed by atoms with E-state index in [-0.39, 0.29) is 0 Å². The first-order valence-electron chi connectivity index (χ1n) is 6.30. The number of nitrogens with one attached hydrogen (secondary N) is 1. The number of thioether (sulfide) groups is 1. The Morgan fingerprint density at radius 1 is 1.21 bits per heavy atom. The van der Waals surface area contributed by atoms with Crippen molar-refractivity contribution in [1.29, 1.82) is 0 Å². The molecule has 2 unspecified atom stereocenters. The van der Waals surface area contributed by atoms with Gasteiger partial charge < -0.3 is 9.80 Å². The van der Waals surface area contributed by atoms with E-state index in [2.05, 4.69) is 39.1 Å². The zero-order chi connectivity index (χ0) is 14.0. The van der Waals surface area contributed by atoms with Gasteiger partial charge in [0, 0.05) is 37.7 Å². The zero-order valence-electron chi connectivity index (χ0n) is 11.8. The number of nitrogens with zero attached hydrogens (tertiary/aromatic N) is 5. The Labute approximate surface area is 118 Å². The molecular formula is C11H21N7S. The third-order valence-electron chi connectivity index (χ3n) is 2.84. The Hall–Kier alpha value is -1.28. The number of hydrogen-bond acceptors (Lipinski definition) is 8. The summed E-state index contributed by atoms with van der Waals surface area (Å²) in [6, 6.07) is 0. The van der Waals surface area contributed by atoms with Crippen molar-refractivity contribution in [3.05, 3.63) is 0 Å². The van der Waals surface area contributed by atoms with E-state index in [1.165, 1.54) is 0 Å². The molecule has 106 valence electrons. The van der Waals surface area contributed by atoms with Crippen molar-refractivity contribution in [2.75, 3.05) is 42.4 Å². The Morgan fingerprint density at radius 2 is 1.84 bits per heavy atom. The van der Waals surface area contributed by atoms with Crippen LogP contribution in [0.3, 0.4) is 0 Å². The van der Waals surface area contributed by atoms with Crippen LogP contribution in [0.25, 0.3) is 0 Å². The van der Waals surface area contributed by atoms with Gasteiger partial charge in [0.15, 0.2) is 0 Å². The standard InChI is InChI=1S/C11H21N7S/c1-7-5-18(6-8(2)19-7)11-14-9(16-12)13-10(15-11)17(3)4/h7-8H,5-6,12H2,1-4H3,(H,13,14,15,16). The number of nitrogens with two attached hydrogens (primary N) is 1. The molecule has 0 radical (unpaired) electrons. The quantitative estimate of drug-likeness (QED) is 0.615. The molecule has 1 aliphatic rings. The zero-order valence-corrected chi connectivity index (χ0v) is 12.6. The SMILES string of the molecule is CC1CN(c2nc(NN)nc(N(C)C)n2)CC(C)S1. The Morgan fingerprint density at radius 3 is 2.37 bits per heavy atom. The second-order valence-corrected chi connectivity index (χ2v) is 6.84. The van der Waals surface area contributed by atoms with E-state index >= 15 is 0 Å². The number of aromatic nitrogens is 3. The highest BCUT2D eigenvalue weighted by atomic mass is 32.2. The van der Waals surface area contributed by atoms with Crippen LogP contribution in [-0.4, -0.2) is 52.6 Å². The molecule has 0 saturated carbocycles. The minimum absolute atomic E-state index is 0.396. The minimum Gasteiger partial charge on any atom is -0.347 e. The van der Waals surface area contributed by atoms with E-state index in [1.54, 1.807) is 0 Å². The molecule has 2 atom stereocenters. The van der Waals surface area contributed by atoms with Crippen LogP contribution in [0.4, 0.5) is 17.8 Å². The third kappa shape index (κ3) is 3.38. The average molecular weight is 283 g/mol. The van der Waals surface area contributed by atoms with E-state index in [4.69, 9.17) is 5.84 Å². The van der Waals surface area contributed by atoms with E-state index in [0.717, 1.165) is 13.1 Å². The molecule has 0 amide bonds. The smallest absolute Gasteiger partial charge is 0.243 e. The first-order valence-corrected chi connectivity index (χ1v) is 7.24. The molecule has 7 nitrogen and oxygen atoms in total. The summed E-state index contributed by atoms with van der Waals surface area (Å²) in [7, 11) is 3.80. The van der Waals surface area contributed by atoms with Gasteiger partial charge in [0.25, 0.3) is 0 Å². The fraction of sp³-hybridized carbons (Fsp3) is 0.727. The Kier molecular flexibility index (Phi) is 4.31. The van der Waals surface area contributed by atoms with Crippen LogP contribution < -0.4 is 21.1 Å². The lowest BCUT2D eigenvalue weighted by atomic mass is 10.3. The molecule has 0 bridgehead atoms. The van der Waals surface area contributed by atoms with Gasteiger partial charge in [-0.1, -0.05) is 13.8 Å². The first kappa shape index (κ1) is 14.1. The molecule has 3 N–H and O–H groups in total. The molecule has 1 fully saturated rings. The van der Waals surface area contributed by atoms with Gasteiger partial charge in [-0.15, -0.1) is 0 Å². The van der Waals surface area contributed by atoms with Crippen molar-refractivity contribution in [3.63, 3.8) is 0 Å². The molecule has 8 heteroatoms. The summed E-state index contributed by atoms with van der Waals surface area (Å²) < 4.78 is 0. The van der Waals surface area contributed by atoms with Gasteiger partial charge in [0.1, 0.15) is 0 Å². The summed E-state index contributed by atoms with van der Waals surface area (Å²) in [5.41, 5.74) is 2.50. The van der Waals surface area contributed by atoms with Crippen LogP contribution in [0.1, 0.15) is 13.8 Å². The Balaban J connectivity index is 2.30.